The number of thiazole rings is 1. The van der Waals surface area contributed by atoms with Gasteiger partial charge in [-0.05, 0) is 19.4 Å². The van der Waals surface area contributed by atoms with Crippen LogP contribution in [0.1, 0.15) is 23.1 Å². The smallest absolute Gasteiger partial charge is 0.325 e. The molecule has 1 unspecified atom stereocenters. The number of amides is 2. The fraction of sp³-hybridized carbons (Fsp3) is 0.312. The van der Waals surface area contributed by atoms with E-state index < -0.39 is 18.0 Å². The van der Waals surface area contributed by atoms with Crippen LogP contribution in [-0.4, -0.2) is 33.0 Å². The van der Waals surface area contributed by atoms with Crippen molar-refractivity contribution in [3.05, 3.63) is 52.0 Å². The summed E-state index contributed by atoms with van der Waals surface area (Å²) < 4.78 is 0. The fourth-order valence-corrected chi connectivity index (χ4v) is 2.78. The molecule has 0 saturated heterocycles. The van der Waals surface area contributed by atoms with Crippen molar-refractivity contribution >= 4 is 23.3 Å². The summed E-state index contributed by atoms with van der Waals surface area (Å²) >= 11 is 1.48. The van der Waals surface area contributed by atoms with Gasteiger partial charge in [-0.2, -0.15) is 0 Å². The van der Waals surface area contributed by atoms with Gasteiger partial charge in [0.05, 0.1) is 17.7 Å². The standard InChI is InChI=1S/C16H19N3O3S/c1-11-14(23-10-17-11)9-19(8-13-6-4-3-5-7-13)16(22)18-12(2)15(20)21/h3-7,10,12H,8-9H2,1-2H3,(H,18,22)(H,20,21). The van der Waals surface area contributed by atoms with Crippen molar-refractivity contribution in [3.63, 3.8) is 0 Å². The van der Waals surface area contributed by atoms with E-state index in [2.05, 4.69) is 10.3 Å². The van der Waals surface area contributed by atoms with Crippen molar-refractivity contribution in [1.29, 1.82) is 0 Å². The second kappa shape index (κ2) is 7.73. The molecule has 1 heterocycles. The number of carboxylic acids is 1. The zero-order valence-electron chi connectivity index (χ0n) is 13.0. The van der Waals surface area contributed by atoms with E-state index in [1.165, 1.54) is 18.3 Å². The maximum absolute atomic E-state index is 12.4. The molecule has 2 aromatic rings. The largest absolute Gasteiger partial charge is 0.480 e. The van der Waals surface area contributed by atoms with Gasteiger partial charge < -0.3 is 15.3 Å². The number of urea groups is 1. The second-order valence-electron chi connectivity index (χ2n) is 5.21. The molecule has 7 heteroatoms. The van der Waals surface area contributed by atoms with E-state index in [0.29, 0.717) is 13.1 Å². The van der Waals surface area contributed by atoms with E-state index in [4.69, 9.17) is 5.11 Å². The van der Waals surface area contributed by atoms with Gasteiger partial charge >= 0.3 is 12.0 Å². The molecule has 0 aliphatic rings. The normalized spacial score (nSPS) is 11.7. The Morgan fingerprint density at radius 3 is 2.57 bits per heavy atom. The van der Waals surface area contributed by atoms with Crippen molar-refractivity contribution in [2.45, 2.75) is 33.0 Å². The van der Waals surface area contributed by atoms with Crippen LogP contribution in [0.5, 0.6) is 0 Å². The Labute approximate surface area is 138 Å². The van der Waals surface area contributed by atoms with E-state index >= 15 is 0 Å². The third-order valence-electron chi connectivity index (χ3n) is 3.39. The van der Waals surface area contributed by atoms with Crippen LogP contribution in [0, 0.1) is 6.92 Å². The summed E-state index contributed by atoms with van der Waals surface area (Å²) in [5, 5.41) is 11.5. The number of nitrogens with one attached hydrogen (secondary N) is 1. The number of aryl methyl sites for hydroxylation is 1. The maximum atomic E-state index is 12.4. The summed E-state index contributed by atoms with van der Waals surface area (Å²) in [6.07, 6.45) is 0. The van der Waals surface area contributed by atoms with Crippen LogP contribution in [0.25, 0.3) is 0 Å². The van der Waals surface area contributed by atoms with Gasteiger partial charge in [-0.1, -0.05) is 30.3 Å². The minimum absolute atomic E-state index is 0.392. The molecule has 0 bridgehead atoms. The Bertz CT molecular complexity index is 672. The van der Waals surface area contributed by atoms with Crippen LogP contribution < -0.4 is 5.32 Å². The Morgan fingerprint density at radius 1 is 1.30 bits per heavy atom. The van der Waals surface area contributed by atoms with Gasteiger partial charge in [0, 0.05) is 11.4 Å². The zero-order chi connectivity index (χ0) is 16.8. The van der Waals surface area contributed by atoms with E-state index in [0.717, 1.165) is 16.1 Å². The molecule has 2 rings (SSSR count). The highest BCUT2D eigenvalue weighted by atomic mass is 32.1. The lowest BCUT2D eigenvalue weighted by atomic mass is 10.2. The number of hydrogen-bond acceptors (Lipinski definition) is 4. The van der Waals surface area contributed by atoms with Gasteiger partial charge in [-0.25, -0.2) is 9.78 Å². The molecule has 0 spiro atoms. The quantitative estimate of drug-likeness (QED) is 0.851. The highest BCUT2D eigenvalue weighted by Gasteiger charge is 2.21. The Morgan fingerprint density at radius 2 is 2.00 bits per heavy atom. The van der Waals surface area contributed by atoms with Crippen LogP contribution in [0.2, 0.25) is 0 Å². The molecule has 1 aromatic heterocycles. The number of aromatic nitrogens is 1. The van der Waals surface area contributed by atoms with Crippen LogP contribution >= 0.6 is 11.3 Å². The molecule has 23 heavy (non-hydrogen) atoms. The van der Waals surface area contributed by atoms with Crippen LogP contribution in [-0.2, 0) is 17.9 Å². The summed E-state index contributed by atoms with van der Waals surface area (Å²) in [5.74, 6) is -1.06. The fourth-order valence-electron chi connectivity index (χ4n) is 1.99. The number of rotatable bonds is 6. The predicted octanol–water partition coefficient (Wildman–Crippen LogP) is 2.64. The maximum Gasteiger partial charge on any atom is 0.325 e. The highest BCUT2D eigenvalue weighted by molar-refractivity contribution is 7.09. The molecule has 0 radical (unpaired) electrons. The second-order valence-corrected chi connectivity index (χ2v) is 6.15. The summed E-state index contributed by atoms with van der Waals surface area (Å²) in [6, 6.07) is 8.24. The third-order valence-corrected chi connectivity index (χ3v) is 4.31. The van der Waals surface area contributed by atoms with Gasteiger partial charge in [0.2, 0.25) is 0 Å². The lowest BCUT2D eigenvalue weighted by molar-refractivity contribution is -0.138. The number of nitrogens with zero attached hydrogens (tertiary/aromatic N) is 2. The van der Waals surface area contributed by atoms with Crippen LogP contribution in [0.4, 0.5) is 4.79 Å². The predicted molar refractivity (Wildman–Crippen MR) is 88.2 cm³/mol. The number of benzene rings is 1. The molecule has 122 valence electrons. The zero-order valence-corrected chi connectivity index (χ0v) is 13.8. The number of carbonyl (C=O) groups excluding carboxylic acids is 1. The minimum Gasteiger partial charge on any atom is -0.480 e. The summed E-state index contributed by atoms with van der Waals surface area (Å²) in [4.78, 5) is 30.2. The van der Waals surface area contributed by atoms with Crippen molar-refractivity contribution < 1.29 is 14.7 Å². The monoisotopic (exact) mass is 333 g/mol. The first-order valence-electron chi connectivity index (χ1n) is 7.18. The van der Waals surface area contributed by atoms with Gasteiger partial charge in [-0.15, -0.1) is 11.3 Å². The Kier molecular flexibility index (Phi) is 5.70. The molecule has 2 N–H and O–H groups in total. The van der Waals surface area contributed by atoms with Crippen LogP contribution in [0.15, 0.2) is 35.8 Å². The first kappa shape index (κ1) is 17.0. The SMILES string of the molecule is Cc1ncsc1CN(Cc1ccccc1)C(=O)NC(C)C(=O)O. The average molecular weight is 333 g/mol. The summed E-state index contributed by atoms with van der Waals surface area (Å²) in [5.41, 5.74) is 3.60. The molecular formula is C16H19N3O3S. The van der Waals surface area contributed by atoms with E-state index in [-0.39, 0.29) is 0 Å². The van der Waals surface area contributed by atoms with Gasteiger partial charge in [0.15, 0.2) is 0 Å². The molecule has 0 fully saturated rings. The van der Waals surface area contributed by atoms with E-state index in [9.17, 15) is 9.59 Å². The van der Waals surface area contributed by atoms with Gasteiger partial charge in [0.25, 0.3) is 0 Å². The number of carbonyl (C=O) groups is 2. The molecule has 2 amide bonds. The first-order valence-corrected chi connectivity index (χ1v) is 8.06. The van der Waals surface area contributed by atoms with Gasteiger partial charge in [-0.3, -0.25) is 4.79 Å². The molecular weight excluding hydrogens is 314 g/mol. The van der Waals surface area contributed by atoms with Crippen LogP contribution in [0.3, 0.4) is 0 Å². The van der Waals surface area contributed by atoms with Crippen molar-refractivity contribution in [3.8, 4) is 0 Å². The summed E-state index contributed by atoms with van der Waals surface area (Å²) in [7, 11) is 0. The lowest BCUT2D eigenvalue weighted by Crippen LogP contribution is -2.46. The van der Waals surface area contributed by atoms with Crippen molar-refractivity contribution in [1.82, 2.24) is 15.2 Å². The number of hydrogen-bond donors (Lipinski definition) is 2. The van der Waals surface area contributed by atoms with Crippen molar-refractivity contribution in [2.75, 3.05) is 0 Å². The topological polar surface area (TPSA) is 82.5 Å². The number of carboxylic acid groups (broad SMARTS) is 1. The first-order chi connectivity index (χ1) is 11.0. The molecule has 1 atom stereocenters. The van der Waals surface area contributed by atoms with E-state index in [1.807, 2.05) is 37.3 Å². The minimum atomic E-state index is -1.06. The van der Waals surface area contributed by atoms with E-state index in [1.54, 1.807) is 10.4 Å². The Hall–Kier alpha value is -2.41. The van der Waals surface area contributed by atoms with Crippen molar-refractivity contribution in [2.24, 2.45) is 0 Å². The molecule has 0 aliphatic heterocycles. The van der Waals surface area contributed by atoms with Gasteiger partial charge in [0.1, 0.15) is 6.04 Å². The summed E-state index contributed by atoms with van der Waals surface area (Å²) in [6.45, 7) is 4.13. The average Bonchev–Trinajstić information content (AvgIpc) is 2.92. The lowest BCUT2D eigenvalue weighted by Gasteiger charge is -2.24. The molecule has 1 aromatic carbocycles. The number of aliphatic carboxylic acids is 1. The molecule has 0 saturated carbocycles. The Balaban J connectivity index is 2.15. The molecule has 6 nitrogen and oxygen atoms in total. The third kappa shape index (κ3) is 4.79. The molecule has 0 aliphatic carbocycles. The highest BCUT2D eigenvalue weighted by Crippen LogP contribution is 2.17.